The highest BCUT2D eigenvalue weighted by molar-refractivity contribution is 9.10. The highest BCUT2D eigenvalue weighted by atomic mass is 79.9. The summed E-state index contributed by atoms with van der Waals surface area (Å²) in [5, 5.41) is 10.8. The average molecular weight is 469 g/mol. The number of alkyl halides is 1. The van der Waals surface area contributed by atoms with Gasteiger partial charge in [0.2, 0.25) is 5.91 Å². The van der Waals surface area contributed by atoms with Crippen LogP contribution >= 0.6 is 15.9 Å². The Morgan fingerprint density at radius 1 is 1.18 bits per heavy atom. The number of aryl methyl sites for hydroxylation is 1. The first-order valence-corrected chi connectivity index (χ1v) is 11.0. The molecule has 1 amide bonds. The van der Waals surface area contributed by atoms with E-state index in [1.165, 1.54) is 0 Å². The molecular formula is C19H21BrN2O5S. The van der Waals surface area contributed by atoms with Crippen LogP contribution in [0.15, 0.2) is 53.4 Å². The second-order valence-corrected chi connectivity index (χ2v) is 9.47. The van der Waals surface area contributed by atoms with Crippen LogP contribution in [-0.2, 0) is 21.2 Å². The van der Waals surface area contributed by atoms with Crippen LogP contribution in [0, 0.1) is 10.1 Å². The van der Waals surface area contributed by atoms with Crippen LogP contribution in [0.25, 0.3) is 0 Å². The van der Waals surface area contributed by atoms with Crippen molar-refractivity contribution in [3.63, 3.8) is 0 Å². The van der Waals surface area contributed by atoms with Gasteiger partial charge in [-0.05, 0) is 43.5 Å². The summed E-state index contributed by atoms with van der Waals surface area (Å²) in [6.07, 6.45) is 0.776. The van der Waals surface area contributed by atoms with E-state index in [1.807, 2.05) is 25.1 Å². The summed E-state index contributed by atoms with van der Waals surface area (Å²) in [4.78, 5) is 22.1. The Bertz CT molecular complexity index is 974. The van der Waals surface area contributed by atoms with E-state index in [-0.39, 0.29) is 10.6 Å². The van der Waals surface area contributed by atoms with Crippen LogP contribution in [0.3, 0.4) is 0 Å². The van der Waals surface area contributed by atoms with Gasteiger partial charge in [0.15, 0.2) is 0 Å². The number of hydrogen-bond donors (Lipinski definition) is 0. The normalized spacial score (nSPS) is 13.6. The molecule has 0 aliphatic heterocycles. The molecule has 28 heavy (non-hydrogen) atoms. The number of sulfonamides is 1. The summed E-state index contributed by atoms with van der Waals surface area (Å²) in [5.41, 5.74) is 1.48. The highest BCUT2D eigenvalue weighted by Crippen LogP contribution is 2.30. The smallest absolute Gasteiger partial charge is 0.269 e. The van der Waals surface area contributed by atoms with Gasteiger partial charge in [-0.3, -0.25) is 14.9 Å². The van der Waals surface area contributed by atoms with Gasteiger partial charge in [0, 0.05) is 12.1 Å². The van der Waals surface area contributed by atoms with E-state index < -0.39 is 31.7 Å². The summed E-state index contributed by atoms with van der Waals surface area (Å²) in [6, 6.07) is 11.1. The van der Waals surface area contributed by atoms with Crippen LogP contribution < -0.4 is 0 Å². The Kier molecular flexibility index (Phi) is 6.95. The Hall–Kier alpha value is -2.26. The molecule has 0 aliphatic carbocycles. The van der Waals surface area contributed by atoms with Crippen LogP contribution in [0.4, 0.5) is 5.69 Å². The van der Waals surface area contributed by atoms with Crippen molar-refractivity contribution >= 4 is 37.5 Å². The molecule has 0 bridgehead atoms. The number of nitrogens with zero attached hydrogens (tertiary/aromatic N) is 2. The maximum atomic E-state index is 13.2. The number of carbonyl (C=O) groups is 1. The maximum Gasteiger partial charge on any atom is 0.269 e. The first kappa shape index (κ1) is 22.0. The molecule has 2 atom stereocenters. The van der Waals surface area contributed by atoms with Gasteiger partial charge in [0.1, 0.15) is 0 Å². The van der Waals surface area contributed by atoms with Crippen molar-refractivity contribution in [3.05, 3.63) is 69.8 Å². The molecule has 2 rings (SSSR count). The number of benzene rings is 2. The minimum atomic E-state index is -4.22. The van der Waals surface area contributed by atoms with Gasteiger partial charge in [0.05, 0.1) is 20.7 Å². The van der Waals surface area contributed by atoms with Crippen molar-refractivity contribution in [1.29, 1.82) is 0 Å². The van der Waals surface area contributed by atoms with Gasteiger partial charge in [0.25, 0.3) is 15.7 Å². The summed E-state index contributed by atoms with van der Waals surface area (Å²) in [7, 11) is -4.22. The van der Waals surface area contributed by atoms with E-state index in [4.69, 9.17) is 0 Å². The number of nitro groups is 1. The fourth-order valence-electron chi connectivity index (χ4n) is 2.75. The predicted molar refractivity (Wildman–Crippen MR) is 110 cm³/mol. The van der Waals surface area contributed by atoms with Gasteiger partial charge in [-0.2, -0.15) is 0 Å². The molecule has 150 valence electrons. The molecular weight excluding hydrogens is 448 g/mol. The Morgan fingerprint density at radius 3 is 2.29 bits per heavy atom. The average Bonchev–Trinajstić information content (AvgIpc) is 2.67. The van der Waals surface area contributed by atoms with E-state index in [2.05, 4.69) is 15.9 Å². The zero-order valence-corrected chi connectivity index (χ0v) is 18.1. The van der Waals surface area contributed by atoms with Crippen LogP contribution in [0.2, 0.25) is 0 Å². The molecule has 0 saturated heterocycles. The lowest BCUT2D eigenvalue weighted by molar-refractivity contribution is -0.384. The molecule has 0 saturated carbocycles. The summed E-state index contributed by atoms with van der Waals surface area (Å²) < 4.78 is 27.3. The van der Waals surface area contributed by atoms with Crippen molar-refractivity contribution in [2.24, 2.45) is 0 Å². The van der Waals surface area contributed by atoms with Crippen LogP contribution in [0.5, 0.6) is 0 Å². The molecule has 0 aliphatic rings. The molecule has 0 radical (unpaired) electrons. The number of rotatable bonds is 7. The second-order valence-electron chi connectivity index (χ2n) is 6.28. The Labute approximate surface area is 172 Å². The van der Waals surface area contributed by atoms with Crippen molar-refractivity contribution in [2.75, 3.05) is 0 Å². The third kappa shape index (κ3) is 4.59. The zero-order chi connectivity index (χ0) is 21.1. The molecule has 0 aromatic heterocycles. The van der Waals surface area contributed by atoms with Gasteiger partial charge >= 0.3 is 0 Å². The van der Waals surface area contributed by atoms with Crippen molar-refractivity contribution in [2.45, 2.75) is 43.0 Å². The van der Waals surface area contributed by atoms with E-state index in [1.54, 1.807) is 19.9 Å². The number of hydrogen-bond acceptors (Lipinski definition) is 5. The van der Waals surface area contributed by atoms with Gasteiger partial charge in [-0.1, -0.05) is 47.1 Å². The minimum Gasteiger partial charge on any atom is -0.272 e. The molecule has 7 nitrogen and oxygen atoms in total. The third-order valence-corrected chi connectivity index (χ3v) is 6.63. The third-order valence-electron chi connectivity index (χ3n) is 4.36. The minimum absolute atomic E-state index is 0.182. The number of non-ortho nitro benzene ring substituents is 1. The second kappa shape index (κ2) is 8.83. The molecule has 2 aromatic carbocycles. The molecule has 1 unspecified atom stereocenters. The molecule has 0 heterocycles. The van der Waals surface area contributed by atoms with Gasteiger partial charge < -0.3 is 0 Å². The number of halogens is 1. The van der Waals surface area contributed by atoms with Crippen molar-refractivity contribution in [1.82, 2.24) is 4.31 Å². The summed E-state index contributed by atoms with van der Waals surface area (Å²) in [6.45, 7) is 5.18. The molecule has 2 aromatic rings. The molecule has 9 heteroatoms. The lowest BCUT2D eigenvalue weighted by Gasteiger charge is -2.30. The molecule has 0 fully saturated rings. The number of carbonyl (C=O) groups excluding carboxylic acids is 1. The van der Waals surface area contributed by atoms with E-state index >= 15 is 0 Å². The van der Waals surface area contributed by atoms with E-state index in [9.17, 15) is 23.3 Å². The standard InChI is InChI=1S/C19H21BrN2O5S/c1-4-15-6-5-7-16(12-15)14(3)21(19(23)13(2)20)28(26,27)18-10-8-17(9-11-18)22(24)25/h5-14H,4H2,1-3H3/t13?,14-/m1/s1. The Balaban J connectivity index is 2.55. The number of nitro benzene ring substituents is 1. The van der Waals surface area contributed by atoms with Gasteiger partial charge in [-0.25, -0.2) is 12.7 Å². The lowest BCUT2D eigenvalue weighted by Crippen LogP contribution is -2.42. The van der Waals surface area contributed by atoms with Crippen LogP contribution in [-0.4, -0.2) is 28.4 Å². The van der Waals surface area contributed by atoms with E-state index in [0.717, 1.165) is 40.6 Å². The summed E-state index contributed by atoms with van der Waals surface area (Å²) >= 11 is 3.16. The maximum absolute atomic E-state index is 13.2. The molecule has 0 spiro atoms. The Morgan fingerprint density at radius 2 is 1.79 bits per heavy atom. The first-order chi connectivity index (χ1) is 13.1. The summed E-state index contributed by atoms with van der Waals surface area (Å²) in [5.74, 6) is -0.618. The van der Waals surface area contributed by atoms with E-state index in [0.29, 0.717) is 5.56 Å². The SMILES string of the molecule is CCc1cccc([C@@H](C)N(C(=O)C(C)Br)S(=O)(=O)c2ccc([N+](=O)[O-])cc2)c1. The topological polar surface area (TPSA) is 97.6 Å². The lowest BCUT2D eigenvalue weighted by atomic mass is 10.0. The fourth-order valence-corrected chi connectivity index (χ4v) is 4.75. The number of amides is 1. The van der Waals surface area contributed by atoms with Crippen molar-refractivity contribution in [3.8, 4) is 0 Å². The monoisotopic (exact) mass is 468 g/mol. The van der Waals surface area contributed by atoms with Crippen LogP contribution in [0.1, 0.15) is 37.9 Å². The van der Waals surface area contributed by atoms with Gasteiger partial charge in [-0.15, -0.1) is 0 Å². The fraction of sp³-hybridized carbons (Fsp3) is 0.316. The molecule has 0 N–H and O–H groups in total. The highest BCUT2D eigenvalue weighted by Gasteiger charge is 2.36. The van der Waals surface area contributed by atoms with Crippen molar-refractivity contribution < 1.29 is 18.1 Å². The largest absolute Gasteiger partial charge is 0.272 e. The predicted octanol–water partition coefficient (Wildman–Crippen LogP) is 4.22. The quantitative estimate of drug-likeness (QED) is 0.344. The first-order valence-electron chi connectivity index (χ1n) is 8.65. The zero-order valence-electron chi connectivity index (χ0n) is 15.7.